The van der Waals surface area contributed by atoms with E-state index in [1.54, 1.807) is 0 Å². The van der Waals surface area contributed by atoms with Gasteiger partial charge < -0.3 is 10.2 Å². The van der Waals surface area contributed by atoms with E-state index in [-0.39, 0.29) is 116 Å². The van der Waals surface area contributed by atoms with Gasteiger partial charge in [-0.1, -0.05) is 0 Å². The first-order valence-corrected chi connectivity index (χ1v) is 1.43. The zero-order chi connectivity index (χ0) is 6.57. The summed E-state index contributed by atoms with van der Waals surface area (Å²) in [6.07, 6.45) is -3.60. The van der Waals surface area contributed by atoms with Crippen LogP contribution in [0.4, 0.5) is 9.59 Å². The molecule has 0 aliphatic heterocycles. The van der Waals surface area contributed by atoms with Crippen molar-refractivity contribution in [2.24, 2.45) is 0 Å². The van der Waals surface area contributed by atoms with Crippen molar-refractivity contribution in [1.82, 2.24) is 0 Å². The van der Waals surface area contributed by atoms with Gasteiger partial charge in [0, 0.05) is 0 Å². The van der Waals surface area contributed by atoms with Crippen LogP contribution in [0.5, 0.6) is 0 Å². The number of carboxylic acid groups (broad SMARTS) is 2. The van der Waals surface area contributed by atoms with E-state index < -0.39 is 12.3 Å². The fraction of sp³-hybridized carbons (Fsp3) is 0. The van der Waals surface area contributed by atoms with Crippen LogP contribution in [0.3, 0.4) is 0 Å². The molecule has 0 aliphatic carbocycles. The van der Waals surface area contributed by atoms with Gasteiger partial charge in [-0.2, -0.15) is 0 Å². The molecule has 0 aromatic carbocycles. The van der Waals surface area contributed by atoms with E-state index in [9.17, 15) is 9.59 Å². The second-order valence-corrected chi connectivity index (χ2v) is 0.698. The molecule has 0 radical (unpaired) electrons. The van der Waals surface area contributed by atoms with E-state index in [1.165, 1.54) is 0 Å². The van der Waals surface area contributed by atoms with Crippen LogP contribution < -0.4 is 0 Å². The Balaban J connectivity index is -0.000000245. The van der Waals surface area contributed by atoms with Gasteiger partial charge in [0.2, 0.25) is 0 Å². The van der Waals surface area contributed by atoms with Gasteiger partial charge in [0.05, 0.1) is 0 Å². The SMILES string of the molecule is O=C(O)OOC(=O)O.[RbH].[RbH]. The van der Waals surface area contributed by atoms with Gasteiger partial charge in [-0.3, -0.25) is 0 Å². The Morgan fingerprint density at radius 1 is 0.900 bits per heavy atom. The Hall–Kier alpha value is 2.15. The normalized spacial score (nSPS) is 6.00. The van der Waals surface area contributed by atoms with E-state index in [0.717, 1.165) is 0 Å². The summed E-state index contributed by atoms with van der Waals surface area (Å²) < 4.78 is 0. The summed E-state index contributed by atoms with van der Waals surface area (Å²) in [5.74, 6) is 0. The molecule has 8 heteroatoms. The molecule has 0 aromatic heterocycles. The van der Waals surface area contributed by atoms with Crippen LogP contribution in [-0.4, -0.2) is 139 Å². The van der Waals surface area contributed by atoms with E-state index >= 15 is 0 Å². The Morgan fingerprint density at radius 3 is 1.20 bits per heavy atom. The predicted octanol–water partition coefficient (Wildman–Crippen LogP) is -1.01. The van der Waals surface area contributed by atoms with E-state index in [2.05, 4.69) is 9.78 Å². The molecule has 0 amide bonds. The van der Waals surface area contributed by atoms with Crippen molar-refractivity contribution in [3.63, 3.8) is 0 Å². The van der Waals surface area contributed by atoms with Crippen molar-refractivity contribution in [3.8, 4) is 0 Å². The van der Waals surface area contributed by atoms with Crippen LogP contribution in [0.2, 0.25) is 0 Å². The number of hydrogen-bond donors (Lipinski definition) is 2. The van der Waals surface area contributed by atoms with Crippen LogP contribution in [0.25, 0.3) is 0 Å². The summed E-state index contributed by atoms with van der Waals surface area (Å²) in [7, 11) is 0. The Bertz CT molecular complexity index is 98.3. The summed E-state index contributed by atoms with van der Waals surface area (Å²) in [6.45, 7) is 0. The maximum absolute atomic E-state index is 9.29. The van der Waals surface area contributed by atoms with Gasteiger partial charge in [0.25, 0.3) is 0 Å². The summed E-state index contributed by atoms with van der Waals surface area (Å²) >= 11 is 0. The van der Waals surface area contributed by atoms with Crippen LogP contribution in [-0.2, 0) is 9.78 Å². The monoisotopic (exact) mass is 294 g/mol. The quantitative estimate of drug-likeness (QED) is 0.439. The summed E-state index contributed by atoms with van der Waals surface area (Å²) in [5.41, 5.74) is 0. The minimum absolute atomic E-state index is 0. The molecule has 0 fully saturated rings. The molecular weight excluding hydrogens is 291 g/mol. The molecule has 10 heavy (non-hydrogen) atoms. The molecule has 0 unspecified atom stereocenters. The molecular formula is C2H4O6Rb2. The van der Waals surface area contributed by atoms with Crippen LogP contribution >= 0.6 is 0 Å². The average Bonchev–Trinajstić information content (AvgIpc) is 1.61. The van der Waals surface area contributed by atoms with E-state index in [0.29, 0.717) is 0 Å². The third-order valence-corrected chi connectivity index (χ3v) is 0.184. The van der Waals surface area contributed by atoms with Crippen LogP contribution in [0, 0.1) is 0 Å². The predicted molar refractivity (Wildman–Crippen MR) is 32.5 cm³/mol. The molecule has 0 saturated heterocycles. The number of rotatable bonds is 0. The van der Waals surface area contributed by atoms with Gasteiger partial charge in [-0.15, -0.1) is 0 Å². The Morgan fingerprint density at radius 2 is 1.10 bits per heavy atom. The average molecular weight is 295 g/mol. The molecule has 0 aliphatic rings. The Labute approximate surface area is 154 Å². The van der Waals surface area contributed by atoms with Crippen LogP contribution in [0.15, 0.2) is 0 Å². The number of carbonyl (C=O) groups is 2. The molecule has 0 rings (SSSR count). The van der Waals surface area contributed by atoms with Crippen molar-refractivity contribution in [1.29, 1.82) is 0 Å². The zero-order valence-corrected chi connectivity index (χ0v) is 3.53. The van der Waals surface area contributed by atoms with Crippen molar-refractivity contribution in [3.05, 3.63) is 0 Å². The topological polar surface area (TPSA) is 93.1 Å². The maximum atomic E-state index is 9.29. The third-order valence-electron chi connectivity index (χ3n) is 0.184. The second-order valence-electron chi connectivity index (χ2n) is 0.698. The van der Waals surface area contributed by atoms with Gasteiger partial charge in [0.1, 0.15) is 0 Å². The summed E-state index contributed by atoms with van der Waals surface area (Å²) in [6, 6.07) is 0. The fourth-order valence-electron chi connectivity index (χ4n) is 0.0713. The zero-order valence-electron chi connectivity index (χ0n) is 3.53. The fourth-order valence-corrected chi connectivity index (χ4v) is 0.0713. The Kier molecular flexibility index (Phi) is 20.1. The number of hydrogen-bond acceptors (Lipinski definition) is 4. The van der Waals surface area contributed by atoms with Gasteiger partial charge in [0.15, 0.2) is 0 Å². The molecule has 2 N–H and O–H groups in total. The summed E-state index contributed by atoms with van der Waals surface area (Å²) in [5, 5.41) is 15.1. The first-order valence-electron chi connectivity index (χ1n) is 1.43. The van der Waals surface area contributed by atoms with Gasteiger partial charge in [-0.05, 0) is 0 Å². The van der Waals surface area contributed by atoms with E-state index in [1.807, 2.05) is 0 Å². The minimum atomic E-state index is -1.80. The molecule has 0 bridgehead atoms. The van der Waals surface area contributed by atoms with Crippen molar-refractivity contribution < 1.29 is 29.6 Å². The third kappa shape index (κ3) is 16.6. The van der Waals surface area contributed by atoms with Gasteiger partial charge >= 0.3 is 129 Å². The van der Waals surface area contributed by atoms with Crippen molar-refractivity contribution in [2.45, 2.75) is 0 Å². The van der Waals surface area contributed by atoms with Gasteiger partial charge in [-0.25, -0.2) is 19.4 Å². The molecule has 0 saturated carbocycles. The molecule has 0 heterocycles. The van der Waals surface area contributed by atoms with Crippen LogP contribution in [0.1, 0.15) is 0 Å². The molecule has 0 atom stereocenters. The van der Waals surface area contributed by atoms with E-state index in [4.69, 9.17) is 10.2 Å². The molecule has 0 spiro atoms. The molecule has 6 nitrogen and oxygen atoms in total. The first-order chi connectivity index (χ1) is 3.63. The first kappa shape index (κ1) is 18.0. The van der Waals surface area contributed by atoms with Crippen molar-refractivity contribution >= 4 is 129 Å². The molecule has 50 valence electrons. The standard InChI is InChI=1S/C2H2O6.2Rb.2H/c3-1(4)7-8-2(5)6;;;;/h(H,3,4)(H,5,6);;;;. The molecule has 0 aromatic rings. The summed E-state index contributed by atoms with van der Waals surface area (Å²) in [4.78, 5) is 24.8. The van der Waals surface area contributed by atoms with Crippen molar-refractivity contribution in [2.75, 3.05) is 0 Å². The second kappa shape index (κ2) is 11.2.